The number of carbonyl (C=O) groups is 1. The monoisotopic (exact) mass is 374 g/mol. The summed E-state index contributed by atoms with van der Waals surface area (Å²) in [6.07, 6.45) is 0. The Balaban J connectivity index is 1.77. The van der Waals surface area contributed by atoms with Gasteiger partial charge in [0.2, 0.25) is 0 Å². The van der Waals surface area contributed by atoms with Gasteiger partial charge in [0.15, 0.2) is 0 Å². The van der Waals surface area contributed by atoms with Crippen molar-refractivity contribution in [2.45, 2.75) is 0 Å². The lowest BCUT2D eigenvalue weighted by Crippen LogP contribution is -2.38. The summed E-state index contributed by atoms with van der Waals surface area (Å²) in [7, 11) is 4.00. The molecule has 2 aromatic carbocycles. The molecule has 1 heterocycles. The Morgan fingerprint density at radius 3 is 2.44 bits per heavy atom. The van der Waals surface area contributed by atoms with E-state index in [1.54, 1.807) is 29.2 Å². The maximum Gasteiger partial charge on any atom is 0.253 e. The van der Waals surface area contributed by atoms with Crippen molar-refractivity contribution in [1.29, 1.82) is 0 Å². The molecule has 1 saturated heterocycles. The minimum absolute atomic E-state index is 0.0780. The lowest BCUT2D eigenvalue weighted by molar-refractivity contribution is 0.0735. The average molecular weight is 374 g/mol. The van der Waals surface area contributed by atoms with Gasteiger partial charge in [-0.2, -0.15) is 0 Å². The number of carbonyl (C=O) groups excluding carboxylic acids is 1. The van der Waals surface area contributed by atoms with E-state index in [2.05, 4.69) is 4.90 Å². The van der Waals surface area contributed by atoms with E-state index in [1.807, 2.05) is 14.1 Å². The van der Waals surface area contributed by atoms with Gasteiger partial charge in [0.05, 0.1) is 18.8 Å². The molecule has 1 aliphatic rings. The number of rotatable bonds is 4. The third kappa shape index (κ3) is 4.70. The van der Waals surface area contributed by atoms with Gasteiger partial charge in [-0.3, -0.25) is 4.79 Å². The first-order valence-corrected chi connectivity index (χ1v) is 9.02. The second-order valence-corrected chi connectivity index (χ2v) is 7.13. The first-order chi connectivity index (χ1) is 13.0. The fourth-order valence-electron chi connectivity index (χ4n) is 3.43. The number of nitrogens with zero attached hydrogens (tertiary/aromatic N) is 2. The van der Waals surface area contributed by atoms with Crippen LogP contribution < -0.4 is 0 Å². The van der Waals surface area contributed by atoms with Crippen molar-refractivity contribution >= 4 is 5.91 Å². The van der Waals surface area contributed by atoms with E-state index in [1.165, 1.54) is 18.2 Å². The fraction of sp³-hybridized carbons (Fsp3) is 0.381. The highest BCUT2D eigenvalue weighted by Gasteiger charge is 2.24. The Morgan fingerprint density at radius 2 is 1.81 bits per heavy atom. The predicted octanol–water partition coefficient (Wildman–Crippen LogP) is 3.28. The van der Waals surface area contributed by atoms with E-state index in [9.17, 15) is 13.6 Å². The van der Waals surface area contributed by atoms with Gasteiger partial charge in [-0.15, -0.1) is 0 Å². The summed E-state index contributed by atoms with van der Waals surface area (Å²) < 4.78 is 33.5. The lowest BCUT2D eigenvalue weighted by Gasteiger charge is -2.25. The van der Waals surface area contributed by atoms with Gasteiger partial charge in [0, 0.05) is 31.1 Å². The number of hydrogen-bond acceptors (Lipinski definition) is 3. The predicted molar refractivity (Wildman–Crippen MR) is 101 cm³/mol. The molecular formula is C21H24F2N2O2. The quantitative estimate of drug-likeness (QED) is 0.823. The Hall–Kier alpha value is -2.31. The number of ether oxygens (including phenoxy) is 1. The Labute approximate surface area is 158 Å². The van der Waals surface area contributed by atoms with Crippen molar-refractivity contribution in [3.8, 4) is 11.1 Å². The molecule has 0 spiro atoms. The molecule has 0 N–H and O–H groups in total. The van der Waals surface area contributed by atoms with Crippen molar-refractivity contribution < 1.29 is 18.3 Å². The molecule has 1 atom stereocenters. The van der Waals surface area contributed by atoms with Crippen LogP contribution in [-0.4, -0.2) is 62.7 Å². The summed E-state index contributed by atoms with van der Waals surface area (Å²) in [4.78, 5) is 16.7. The summed E-state index contributed by atoms with van der Waals surface area (Å²) in [6, 6.07) is 10.2. The van der Waals surface area contributed by atoms with Gasteiger partial charge in [0.1, 0.15) is 11.6 Å². The zero-order chi connectivity index (χ0) is 19.4. The maximum absolute atomic E-state index is 13.9. The average Bonchev–Trinajstić information content (AvgIpc) is 2.86. The molecule has 3 rings (SSSR count). The van der Waals surface area contributed by atoms with Gasteiger partial charge in [-0.05, 0) is 43.9 Å². The molecule has 1 aliphatic heterocycles. The Kier molecular flexibility index (Phi) is 6.19. The third-order valence-corrected chi connectivity index (χ3v) is 4.63. The first kappa shape index (κ1) is 19.5. The second kappa shape index (κ2) is 8.59. The fourth-order valence-corrected chi connectivity index (χ4v) is 3.43. The second-order valence-electron chi connectivity index (χ2n) is 7.13. The van der Waals surface area contributed by atoms with Crippen LogP contribution in [0.2, 0.25) is 0 Å². The van der Waals surface area contributed by atoms with E-state index < -0.39 is 11.6 Å². The number of hydrogen-bond donors (Lipinski definition) is 0. The molecule has 0 saturated carbocycles. The van der Waals surface area contributed by atoms with Gasteiger partial charge in [-0.1, -0.05) is 18.2 Å². The number of amides is 1. The van der Waals surface area contributed by atoms with Crippen LogP contribution in [0.3, 0.4) is 0 Å². The minimum Gasteiger partial charge on any atom is -0.379 e. The topological polar surface area (TPSA) is 32.8 Å². The highest BCUT2D eigenvalue weighted by atomic mass is 19.1. The molecule has 2 aromatic rings. The number of halogens is 2. The van der Waals surface area contributed by atoms with Crippen molar-refractivity contribution in [3.63, 3.8) is 0 Å². The zero-order valence-electron chi connectivity index (χ0n) is 15.6. The molecule has 1 unspecified atom stereocenters. The van der Waals surface area contributed by atoms with Crippen molar-refractivity contribution in [1.82, 2.24) is 9.80 Å². The molecule has 0 aromatic heterocycles. The molecule has 0 bridgehead atoms. The minimum atomic E-state index is -0.620. The zero-order valence-corrected chi connectivity index (χ0v) is 15.6. The summed E-state index contributed by atoms with van der Waals surface area (Å²) >= 11 is 0. The standard InChI is InChI=1S/C21H24F2N2O2/c1-24(2)12-15-13-25(10-11-27-14-15)21(26)17-8-6-16(7-9-17)20-18(22)4-3-5-19(20)23/h3-9,15H,10-14H2,1-2H3. The molecule has 144 valence electrons. The highest BCUT2D eigenvalue weighted by Crippen LogP contribution is 2.26. The van der Waals surface area contributed by atoms with Crippen molar-refractivity contribution in [2.75, 3.05) is 46.9 Å². The van der Waals surface area contributed by atoms with E-state index in [4.69, 9.17) is 4.74 Å². The molecular weight excluding hydrogens is 350 g/mol. The van der Waals surface area contributed by atoms with Crippen LogP contribution in [0.15, 0.2) is 42.5 Å². The Morgan fingerprint density at radius 1 is 1.15 bits per heavy atom. The SMILES string of the molecule is CN(C)CC1COCCN(C(=O)c2ccc(-c3c(F)cccc3F)cc2)C1. The largest absolute Gasteiger partial charge is 0.379 e. The van der Waals surface area contributed by atoms with Crippen LogP contribution in [0.1, 0.15) is 10.4 Å². The van der Waals surface area contributed by atoms with Crippen LogP contribution in [0.4, 0.5) is 8.78 Å². The van der Waals surface area contributed by atoms with Crippen LogP contribution in [-0.2, 0) is 4.74 Å². The normalized spacial score (nSPS) is 17.8. The number of benzene rings is 2. The van der Waals surface area contributed by atoms with Crippen molar-refractivity contribution in [3.05, 3.63) is 59.7 Å². The summed E-state index contributed by atoms with van der Waals surface area (Å²) in [5.41, 5.74) is 0.832. The van der Waals surface area contributed by atoms with Gasteiger partial charge in [-0.25, -0.2) is 8.78 Å². The summed E-state index contributed by atoms with van der Waals surface area (Å²) in [6.45, 7) is 3.14. The molecule has 4 nitrogen and oxygen atoms in total. The molecule has 6 heteroatoms. The van der Waals surface area contributed by atoms with E-state index >= 15 is 0 Å². The van der Waals surface area contributed by atoms with E-state index in [0.29, 0.717) is 37.4 Å². The first-order valence-electron chi connectivity index (χ1n) is 9.02. The smallest absolute Gasteiger partial charge is 0.253 e. The molecule has 1 amide bonds. The van der Waals surface area contributed by atoms with Crippen LogP contribution in [0, 0.1) is 17.6 Å². The molecule has 1 fully saturated rings. The maximum atomic E-state index is 13.9. The summed E-state index contributed by atoms with van der Waals surface area (Å²) in [5, 5.41) is 0. The third-order valence-electron chi connectivity index (χ3n) is 4.63. The van der Waals surface area contributed by atoms with Gasteiger partial charge in [0.25, 0.3) is 5.91 Å². The molecule has 27 heavy (non-hydrogen) atoms. The highest BCUT2D eigenvalue weighted by molar-refractivity contribution is 5.94. The Bertz CT molecular complexity index is 773. The van der Waals surface area contributed by atoms with E-state index in [0.717, 1.165) is 6.54 Å². The van der Waals surface area contributed by atoms with Crippen LogP contribution >= 0.6 is 0 Å². The van der Waals surface area contributed by atoms with Gasteiger partial charge >= 0.3 is 0 Å². The van der Waals surface area contributed by atoms with Crippen molar-refractivity contribution in [2.24, 2.45) is 5.92 Å². The van der Waals surface area contributed by atoms with E-state index in [-0.39, 0.29) is 17.4 Å². The lowest BCUT2D eigenvalue weighted by atomic mass is 10.0. The van der Waals surface area contributed by atoms with Gasteiger partial charge < -0.3 is 14.5 Å². The molecule has 0 aliphatic carbocycles. The van der Waals surface area contributed by atoms with Crippen LogP contribution in [0.5, 0.6) is 0 Å². The van der Waals surface area contributed by atoms with Crippen LogP contribution in [0.25, 0.3) is 11.1 Å². The summed E-state index contributed by atoms with van der Waals surface area (Å²) in [5.74, 6) is -1.08. The molecule has 0 radical (unpaired) electrons.